The Kier molecular flexibility index (Phi) is 6.36. The smallest absolute Gasteiger partial charge is 0.214 e. The molecule has 3 aromatic rings. The lowest BCUT2D eigenvalue weighted by Crippen LogP contribution is -2.21. The quantitative estimate of drug-likeness (QED) is 0.611. The molecule has 0 aliphatic heterocycles. The average molecular weight is 399 g/mol. The monoisotopic (exact) mass is 398 g/mol. The third-order valence-corrected chi connectivity index (χ3v) is 5.80. The van der Waals surface area contributed by atoms with E-state index in [1.807, 2.05) is 33.8 Å². The van der Waals surface area contributed by atoms with Crippen molar-refractivity contribution in [2.45, 2.75) is 45.9 Å². The molecular formula is C21H26N4O2S. The van der Waals surface area contributed by atoms with Crippen molar-refractivity contribution >= 4 is 11.8 Å². The van der Waals surface area contributed by atoms with Crippen LogP contribution in [0.3, 0.4) is 0 Å². The summed E-state index contributed by atoms with van der Waals surface area (Å²) in [7, 11) is 0. The van der Waals surface area contributed by atoms with Crippen molar-refractivity contribution in [3.05, 3.63) is 58.1 Å². The first-order valence-corrected chi connectivity index (χ1v) is 10.2. The average Bonchev–Trinajstić information content (AvgIpc) is 3.13. The summed E-state index contributed by atoms with van der Waals surface area (Å²) < 4.78 is 7.63. The van der Waals surface area contributed by atoms with Crippen LogP contribution in [0, 0.1) is 34.6 Å². The first kappa shape index (κ1) is 20.4. The van der Waals surface area contributed by atoms with Crippen molar-refractivity contribution in [1.29, 1.82) is 0 Å². The molecule has 0 aliphatic rings. The van der Waals surface area contributed by atoms with Crippen molar-refractivity contribution in [2.24, 2.45) is 0 Å². The molecule has 0 radical (unpaired) electrons. The summed E-state index contributed by atoms with van der Waals surface area (Å²) in [6.07, 6.45) is -0.631. The fourth-order valence-electron chi connectivity index (χ4n) is 2.91. The van der Waals surface area contributed by atoms with Crippen molar-refractivity contribution in [3.63, 3.8) is 0 Å². The fraction of sp³-hybridized carbons (Fsp3) is 0.381. The number of aryl methyl sites for hydroxylation is 4. The third-order valence-electron chi connectivity index (χ3n) is 4.73. The molecule has 2 aromatic carbocycles. The number of hydrogen-bond donors (Lipinski definition) is 1. The van der Waals surface area contributed by atoms with Gasteiger partial charge < -0.3 is 9.84 Å². The molecule has 0 fully saturated rings. The molecule has 0 unspecified atom stereocenters. The van der Waals surface area contributed by atoms with E-state index in [1.165, 1.54) is 17.3 Å². The molecule has 0 bridgehead atoms. The second kappa shape index (κ2) is 8.75. The number of tetrazole rings is 1. The Balaban J connectivity index is 1.64. The molecule has 0 amide bonds. The van der Waals surface area contributed by atoms with Gasteiger partial charge in [0.25, 0.3) is 0 Å². The summed E-state index contributed by atoms with van der Waals surface area (Å²) in [6, 6.07) is 10.3. The summed E-state index contributed by atoms with van der Waals surface area (Å²) in [5.74, 6) is 1.29. The van der Waals surface area contributed by atoms with Crippen LogP contribution in [0.1, 0.15) is 27.8 Å². The van der Waals surface area contributed by atoms with Gasteiger partial charge in [-0.2, -0.15) is 4.68 Å². The fourth-order valence-corrected chi connectivity index (χ4v) is 3.70. The zero-order valence-electron chi connectivity index (χ0n) is 16.9. The molecular weight excluding hydrogens is 372 g/mol. The predicted molar refractivity (Wildman–Crippen MR) is 112 cm³/mol. The number of benzene rings is 2. The maximum absolute atomic E-state index is 10.4. The van der Waals surface area contributed by atoms with Crippen LogP contribution in [0.25, 0.3) is 5.69 Å². The second-order valence-electron chi connectivity index (χ2n) is 7.09. The van der Waals surface area contributed by atoms with E-state index in [0.29, 0.717) is 10.9 Å². The molecule has 1 aromatic heterocycles. The lowest BCUT2D eigenvalue weighted by Gasteiger charge is -2.16. The highest BCUT2D eigenvalue weighted by Crippen LogP contribution is 2.26. The Labute approximate surface area is 169 Å². The van der Waals surface area contributed by atoms with Gasteiger partial charge >= 0.3 is 0 Å². The summed E-state index contributed by atoms with van der Waals surface area (Å²) >= 11 is 1.41. The van der Waals surface area contributed by atoms with E-state index in [-0.39, 0.29) is 6.61 Å². The maximum Gasteiger partial charge on any atom is 0.214 e. The number of aliphatic hydroxyl groups is 1. The molecule has 3 rings (SSSR count). The van der Waals surface area contributed by atoms with E-state index < -0.39 is 6.10 Å². The van der Waals surface area contributed by atoms with E-state index >= 15 is 0 Å². The van der Waals surface area contributed by atoms with Crippen LogP contribution in [0.2, 0.25) is 0 Å². The van der Waals surface area contributed by atoms with Gasteiger partial charge in [-0.15, -0.1) is 5.10 Å². The van der Waals surface area contributed by atoms with Gasteiger partial charge in [0.15, 0.2) is 0 Å². The van der Waals surface area contributed by atoms with Crippen molar-refractivity contribution < 1.29 is 9.84 Å². The molecule has 0 saturated heterocycles. The van der Waals surface area contributed by atoms with Gasteiger partial charge in [-0.25, -0.2) is 0 Å². The van der Waals surface area contributed by atoms with Gasteiger partial charge in [0.2, 0.25) is 5.16 Å². The highest BCUT2D eigenvalue weighted by molar-refractivity contribution is 7.99. The number of rotatable bonds is 7. The van der Waals surface area contributed by atoms with Crippen molar-refractivity contribution in [2.75, 3.05) is 12.4 Å². The number of aromatic nitrogens is 4. The zero-order chi connectivity index (χ0) is 20.3. The third kappa shape index (κ3) is 4.54. The van der Waals surface area contributed by atoms with E-state index in [4.69, 9.17) is 4.74 Å². The van der Waals surface area contributed by atoms with E-state index in [9.17, 15) is 5.11 Å². The summed E-state index contributed by atoms with van der Waals surface area (Å²) in [4.78, 5) is 0. The van der Waals surface area contributed by atoms with E-state index in [0.717, 1.165) is 33.7 Å². The minimum Gasteiger partial charge on any atom is -0.490 e. The predicted octanol–water partition coefficient (Wildman–Crippen LogP) is 3.74. The molecule has 1 heterocycles. The Bertz CT molecular complexity index is 971. The largest absolute Gasteiger partial charge is 0.490 e. The van der Waals surface area contributed by atoms with Gasteiger partial charge in [0, 0.05) is 5.75 Å². The Morgan fingerprint density at radius 1 is 1.04 bits per heavy atom. The second-order valence-corrected chi connectivity index (χ2v) is 8.08. The van der Waals surface area contributed by atoms with E-state index in [2.05, 4.69) is 46.7 Å². The Morgan fingerprint density at radius 3 is 2.54 bits per heavy atom. The minimum absolute atomic E-state index is 0.225. The topological polar surface area (TPSA) is 73.1 Å². The van der Waals surface area contributed by atoms with Crippen LogP contribution in [0.4, 0.5) is 0 Å². The first-order valence-electron chi connectivity index (χ1n) is 9.23. The molecule has 0 saturated carbocycles. The van der Waals surface area contributed by atoms with Gasteiger partial charge in [-0.05, 0) is 78.9 Å². The molecule has 28 heavy (non-hydrogen) atoms. The summed E-state index contributed by atoms with van der Waals surface area (Å²) in [5.41, 5.74) is 6.54. The summed E-state index contributed by atoms with van der Waals surface area (Å²) in [5, 5.41) is 23.1. The van der Waals surface area contributed by atoms with Crippen LogP contribution in [0.15, 0.2) is 35.5 Å². The number of hydrogen-bond acceptors (Lipinski definition) is 6. The Hall–Kier alpha value is -2.38. The lowest BCUT2D eigenvalue weighted by molar-refractivity contribution is 0.125. The molecule has 0 spiro atoms. The molecule has 0 aliphatic carbocycles. The number of aliphatic hydroxyl groups excluding tert-OH is 1. The van der Waals surface area contributed by atoms with Gasteiger partial charge in [-0.3, -0.25) is 0 Å². The van der Waals surface area contributed by atoms with Gasteiger partial charge in [-0.1, -0.05) is 36.0 Å². The SMILES string of the molecule is Cc1ccc(C)c(-n2nnnc2SC[C@H](O)COc2c(C)ccc(C)c2C)c1. The van der Waals surface area contributed by atoms with Gasteiger partial charge in [0.1, 0.15) is 12.4 Å². The Morgan fingerprint density at radius 2 is 1.75 bits per heavy atom. The zero-order valence-corrected chi connectivity index (χ0v) is 17.7. The van der Waals surface area contributed by atoms with Crippen LogP contribution in [-0.4, -0.2) is 43.8 Å². The summed E-state index contributed by atoms with van der Waals surface area (Å²) in [6.45, 7) is 10.4. The number of ether oxygens (including phenoxy) is 1. The molecule has 6 nitrogen and oxygen atoms in total. The van der Waals surface area contributed by atoms with Crippen LogP contribution in [0.5, 0.6) is 5.75 Å². The minimum atomic E-state index is -0.631. The van der Waals surface area contributed by atoms with Gasteiger partial charge in [0.05, 0.1) is 11.8 Å². The highest BCUT2D eigenvalue weighted by atomic mass is 32.2. The number of nitrogens with zero attached hydrogens (tertiary/aromatic N) is 4. The molecule has 1 N–H and O–H groups in total. The maximum atomic E-state index is 10.4. The first-order chi connectivity index (χ1) is 13.4. The highest BCUT2D eigenvalue weighted by Gasteiger charge is 2.15. The van der Waals surface area contributed by atoms with Crippen molar-refractivity contribution in [3.8, 4) is 11.4 Å². The lowest BCUT2D eigenvalue weighted by atomic mass is 10.1. The number of thioether (sulfide) groups is 1. The normalized spacial score (nSPS) is 12.2. The van der Waals surface area contributed by atoms with Crippen molar-refractivity contribution in [1.82, 2.24) is 20.2 Å². The molecule has 148 valence electrons. The van der Waals surface area contributed by atoms with E-state index in [1.54, 1.807) is 4.68 Å². The molecule has 7 heteroatoms. The standard InChI is InChI=1S/C21H26N4O2S/c1-13-6-7-15(3)19(10-13)25-21(22-23-24-25)28-12-18(26)11-27-20-16(4)9-8-14(2)17(20)5/h6-10,18,26H,11-12H2,1-5H3/t18-/m1/s1. The van der Waals surface area contributed by atoms with Crippen LogP contribution < -0.4 is 4.74 Å². The van der Waals surface area contributed by atoms with Crippen LogP contribution in [-0.2, 0) is 0 Å². The van der Waals surface area contributed by atoms with Crippen LogP contribution >= 0.6 is 11.8 Å². The molecule has 1 atom stereocenters.